The molecule has 1 amide bonds. The largest absolute Gasteiger partial charge is 0.350 e. The normalized spacial score (nSPS) is 11.2. The number of aromatic nitrogens is 6. The molecule has 1 aromatic carbocycles. The van der Waals surface area contributed by atoms with E-state index >= 15 is 0 Å². The first-order valence-corrected chi connectivity index (χ1v) is 10.2. The molecule has 4 rings (SSSR count). The number of fused-ring (bicyclic) bond motifs is 1. The topological polar surface area (TPSA) is 109 Å². The van der Waals surface area contributed by atoms with Crippen molar-refractivity contribution in [3.63, 3.8) is 0 Å². The van der Waals surface area contributed by atoms with E-state index in [9.17, 15) is 14.4 Å². The minimum atomic E-state index is -0.580. The number of benzene rings is 1. The summed E-state index contributed by atoms with van der Waals surface area (Å²) in [6.07, 6.45) is 1.47. The Balaban J connectivity index is 1.47. The van der Waals surface area contributed by atoms with Crippen LogP contribution in [0.15, 0.2) is 46.2 Å². The van der Waals surface area contributed by atoms with Crippen molar-refractivity contribution in [1.29, 1.82) is 0 Å². The Hall–Kier alpha value is -3.95. The molecule has 0 spiro atoms. The predicted octanol–water partition coefficient (Wildman–Crippen LogP) is 0.612. The van der Waals surface area contributed by atoms with E-state index in [2.05, 4.69) is 15.4 Å². The van der Waals surface area contributed by atoms with Gasteiger partial charge in [0.25, 0.3) is 5.56 Å². The Morgan fingerprint density at radius 2 is 1.84 bits per heavy atom. The van der Waals surface area contributed by atoms with Crippen LogP contribution in [0.25, 0.3) is 11.2 Å². The van der Waals surface area contributed by atoms with Crippen LogP contribution >= 0.6 is 0 Å². The van der Waals surface area contributed by atoms with Crippen molar-refractivity contribution in [2.24, 2.45) is 14.1 Å². The highest BCUT2D eigenvalue weighted by atomic mass is 16.2. The van der Waals surface area contributed by atoms with Gasteiger partial charge < -0.3 is 9.88 Å². The Bertz CT molecular complexity index is 1440. The van der Waals surface area contributed by atoms with E-state index in [1.807, 2.05) is 48.9 Å². The highest BCUT2D eigenvalue weighted by Crippen LogP contribution is 2.10. The number of imidazole rings is 1. The van der Waals surface area contributed by atoms with Gasteiger partial charge in [0.2, 0.25) is 5.91 Å². The molecule has 1 N–H and O–H groups in total. The van der Waals surface area contributed by atoms with Crippen molar-refractivity contribution in [3.05, 3.63) is 80.0 Å². The van der Waals surface area contributed by atoms with Crippen molar-refractivity contribution in [2.45, 2.75) is 33.5 Å². The van der Waals surface area contributed by atoms with Crippen LogP contribution in [0.4, 0.5) is 0 Å². The Kier molecular flexibility index (Phi) is 5.52. The van der Waals surface area contributed by atoms with Crippen molar-refractivity contribution >= 4 is 17.1 Å². The zero-order valence-corrected chi connectivity index (χ0v) is 18.5. The third-order valence-electron chi connectivity index (χ3n) is 5.42. The molecule has 10 nitrogen and oxygen atoms in total. The number of carbonyl (C=O) groups is 1. The molecule has 0 aliphatic rings. The van der Waals surface area contributed by atoms with Crippen LogP contribution in [0.1, 0.15) is 22.5 Å². The van der Waals surface area contributed by atoms with Crippen LogP contribution in [0, 0.1) is 13.8 Å². The van der Waals surface area contributed by atoms with E-state index in [0.29, 0.717) is 12.2 Å². The van der Waals surface area contributed by atoms with Gasteiger partial charge in [-0.3, -0.25) is 18.8 Å². The minimum Gasteiger partial charge on any atom is -0.350 e. The van der Waals surface area contributed by atoms with E-state index in [4.69, 9.17) is 0 Å². The summed E-state index contributed by atoms with van der Waals surface area (Å²) < 4.78 is 5.68. The van der Waals surface area contributed by atoms with Crippen LogP contribution in [0.5, 0.6) is 0 Å². The van der Waals surface area contributed by atoms with Crippen LogP contribution in [-0.2, 0) is 38.5 Å². The summed E-state index contributed by atoms with van der Waals surface area (Å²) in [6, 6.07) is 9.88. The molecule has 4 aromatic rings. The lowest BCUT2D eigenvalue weighted by molar-refractivity contribution is -0.121. The van der Waals surface area contributed by atoms with Gasteiger partial charge in [0.1, 0.15) is 6.54 Å². The summed E-state index contributed by atoms with van der Waals surface area (Å²) in [7, 11) is 3.20. The molecule has 0 atom stereocenters. The zero-order valence-electron chi connectivity index (χ0n) is 18.5. The van der Waals surface area contributed by atoms with Gasteiger partial charge in [0, 0.05) is 26.3 Å². The molecule has 0 saturated heterocycles. The number of nitrogens with zero attached hydrogens (tertiary/aromatic N) is 6. The van der Waals surface area contributed by atoms with Gasteiger partial charge in [-0.25, -0.2) is 14.3 Å². The van der Waals surface area contributed by atoms with Crippen LogP contribution < -0.4 is 16.6 Å². The molecule has 10 heteroatoms. The summed E-state index contributed by atoms with van der Waals surface area (Å²) in [5.41, 5.74) is 3.48. The maximum Gasteiger partial charge on any atom is 0.332 e. The molecule has 0 radical (unpaired) electrons. The number of nitrogens with one attached hydrogen (secondary N) is 1. The van der Waals surface area contributed by atoms with E-state index in [-0.39, 0.29) is 18.6 Å². The highest BCUT2D eigenvalue weighted by Gasteiger charge is 2.16. The van der Waals surface area contributed by atoms with Gasteiger partial charge in [0.05, 0.1) is 18.6 Å². The highest BCUT2D eigenvalue weighted by molar-refractivity contribution is 5.76. The molecular weight excluding hydrogens is 410 g/mol. The number of carbonyl (C=O) groups excluding carboxylic acids is 1. The van der Waals surface area contributed by atoms with Crippen molar-refractivity contribution in [2.75, 3.05) is 0 Å². The Morgan fingerprint density at radius 1 is 1.09 bits per heavy atom. The standard InChI is InChI=1S/C22H25N7O3/c1-14-8-15(2)29(25-14)11-17-7-5-6-16(9-17)10-23-18(30)12-28-21(31)19-20(24-13-26(19)3)27(4)22(28)32/h5-9,13H,10-12H2,1-4H3,(H,23,30). The third kappa shape index (κ3) is 3.98. The fourth-order valence-electron chi connectivity index (χ4n) is 3.78. The van der Waals surface area contributed by atoms with Crippen LogP contribution in [0.2, 0.25) is 0 Å². The number of hydrogen-bond donors (Lipinski definition) is 1. The monoisotopic (exact) mass is 435 g/mol. The summed E-state index contributed by atoms with van der Waals surface area (Å²) in [5, 5.41) is 7.27. The number of rotatable bonds is 6. The number of aryl methyl sites for hydroxylation is 4. The first-order valence-electron chi connectivity index (χ1n) is 10.2. The molecule has 166 valence electrons. The molecule has 0 aliphatic carbocycles. The fourth-order valence-corrected chi connectivity index (χ4v) is 3.78. The molecular formula is C22H25N7O3. The third-order valence-corrected chi connectivity index (χ3v) is 5.42. The van der Waals surface area contributed by atoms with E-state index < -0.39 is 17.2 Å². The number of amides is 1. The van der Waals surface area contributed by atoms with Crippen molar-refractivity contribution in [3.8, 4) is 0 Å². The summed E-state index contributed by atoms with van der Waals surface area (Å²) in [6.45, 7) is 4.53. The summed E-state index contributed by atoms with van der Waals surface area (Å²) >= 11 is 0. The molecule has 0 aliphatic heterocycles. The van der Waals surface area contributed by atoms with Crippen molar-refractivity contribution in [1.82, 2.24) is 33.8 Å². The lowest BCUT2D eigenvalue weighted by Gasteiger charge is -2.10. The van der Waals surface area contributed by atoms with Gasteiger partial charge >= 0.3 is 5.69 Å². The SMILES string of the molecule is Cc1cc(C)n(Cc2cccc(CNC(=O)Cn3c(=O)c4c(ncn4C)n(C)c3=O)c2)n1. The van der Waals surface area contributed by atoms with Gasteiger partial charge in [-0.05, 0) is 31.0 Å². The van der Waals surface area contributed by atoms with E-state index in [0.717, 1.165) is 27.1 Å². The summed E-state index contributed by atoms with van der Waals surface area (Å²) in [4.78, 5) is 41.9. The van der Waals surface area contributed by atoms with Crippen LogP contribution in [0.3, 0.4) is 0 Å². The average Bonchev–Trinajstić information content (AvgIpc) is 3.29. The molecule has 0 fully saturated rings. The summed E-state index contributed by atoms with van der Waals surface area (Å²) in [5.74, 6) is -0.422. The Morgan fingerprint density at radius 3 is 2.56 bits per heavy atom. The second-order valence-electron chi connectivity index (χ2n) is 7.94. The molecule has 32 heavy (non-hydrogen) atoms. The molecule has 0 bridgehead atoms. The van der Waals surface area contributed by atoms with Gasteiger partial charge in [-0.15, -0.1) is 0 Å². The molecule has 0 unspecified atom stereocenters. The Labute approximate surface area is 183 Å². The average molecular weight is 435 g/mol. The maximum absolute atomic E-state index is 12.7. The maximum atomic E-state index is 12.7. The molecule has 3 heterocycles. The van der Waals surface area contributed by atoms with Crippen LogP contribution in [-0.4, -0.2) is 34.4 Å². The minimum absolute atomic E-state index is 0.275. The smallest absolute Gasteiger partial charge is 0.332 e. The second kappa shape index (κ2) is 8.29. The molecule has 0 saturated carbocycles. The number of hydrogen-bond acceptors (Lipinski definition) is 5. The second-order valence-corrected chi connectivity index (χ2v) is 7.94. The van der Waals surface area contributed by atoms with Crippen molar-refractivity contribution < 1.29 is 4.79 Å². The van der Waals surface area contributed by atoms with Gasteiger partial charge in [0.15, 0.2) is 11.2 Å². The van der Waals surface area contributed by atoms with Gasteiger partial charge in [-0.1, -0.05) is 24.3 Å². The first-order chi connectivity index (χ1) is 15.2. The zero-order chi connectivity index (χ0) is 23.0. The van der Waals surface area contributed by atoms with E-state index in [1.54, 1.807) is 11.6 Å². The quantitative estimate of drug-likeness (QED) is 0.477. The molecule has 3 aromatic heterocycles. The predicted molar refractivity (Wildman–Crippen MR) is 119 cm³/mol. The lowest BCUT2D eigenvalue weighted by atomic mass is 10.1. The van der Waals surface area contributed by atoms with E-state index in [1.165, 1.54) is 17.9 Å². The lowest BCUT2D eigenvalue weighted by Crippen LogP contribution is -2.43. The fraction of sp³-hybridized carbons (Fsp3) is 0.318. The first kappa shape index (κ1) is 21.3. The van der Waals surface area contributed by atoms with Gasteiger partial charge in [-0.2, -0.15) is 5.10 Å².